The van der Waals surface area contributed by atoms with Gasteiger partial charge in [-0.25, -0.2) is 13.4 Å². The lowest BCUT2D eigenvalue weighted by molar-refractivity contribution is 0.583. The van der Waals surface area contributed by atoms with Crippen LogP contribution in [0, 0.1) is 6.92 Å². The molecule has 6 heteroatoms. The van der Waals surface area contributed by atoms with Crippen LogP contribution in [0.4, 0.5) is 0 Å². The van der Waals surface area contributed by atoms with Gasteiger partial charge in [0.1, 0.15) is 15.7 Å². The van der Waals surface area contributed by atoms with E-state index in [2.05, 4.69) is 17.2 Å². The molecule has 0 fully saturated rings. The first kappa shape index (κ1) is 14.2. The molecule has 1 N–H and O–H groups in total. The molecule has 0 spiro atoms. The van der Waals surface area contributed by atoms with Crippen LogP contribution >= 0.6 is 0 Å². The van der Waals surface area contributed by atoms with Crippen molar-refractivity contribution in [2.45, 2.75) is 33.4 Å². The first-order chi connectivity index (χ1) is 7.94. The molecule has 0 atom stereocenters. The molecular weight excluding hydrogens is 238 g/mol. The van der Waals surface area contributed by atoms with Gasteiger partial charge in [-0.2, -0.15) is 0 Å². The Labute approximate surface area is 103 Å². The fourth-order valence-corrected chi connectivity index (χ4v) is 2.13. The molecule has 1 aromatic rings. The van der Waals surface area contributed by atoms with Crippen LogP contribution in [-0.4, -0.2) is 36.5 Å². The predicted octanol–water partition coefficient (Wildman–Crippen LogP) is 0.736. The second kappa shape index (κ2) is 6.16. The van der Waals surface area contributed by atoms with Gasteiger partial charge in [-0.1, -0.05) is 6.92 Å². The van der Waals surface area contributed by atoms with Crippen LogP contribution in [0.25, 0.3) is 0 Å². The molecule has 0 saturated heterocycles. The van der Waals surface area contributed by atoms with Gasteiger partial charge in [-0.05, 0) is 19.9 Å². The van der Waals surface area contributed by atoms with Crippen LogP contribution in [0.2, 0.25) is 0 Å². The van der Waals surface area contributed by atoms with Crippen LogP contribution in [0.5, 0.6) is 0 Å². The highest BCUT2D eigenvalue weighted by Gasteiger charge is 2.09. The number of rotatable bonds is 7. The molecule has 0 amide bonds. The number of aryl methyl sites for hydroxylation is 1. The van der Waals surface area contributed by atoms with Crippen molar-refractivity contribution in [2.75, 3.05) is 18.6 Å². The van der Waals surface area contributed by atoms with Crippen LogP contribution < -0.4 is 5.32 Å². The van der Waals surface area contributed by atoms with Gasteiger partial charge in [-0.3, -0.25) is 0 Å². The van der Waals surface area contributed by atoms with Crippen molar-refractivity contribution in [1.82, 2.24) is 14.9 Å². The van der Waals surface area contributed by atoms with E-state index >= 15 is 0 Å². The third-order valence-corrected chi connectivity index (χ3v) is 3.48. The number of nitrogens with zero attached hydrogens (tertiary/aromatic N) is 2. The maximum Gasteiger partial charge on any atom is 0.149 e. The van der Waals surface area contributed by atoms with Crippen LogP contribution in [0.1, 0.15) is 24.9 Å². The summed E-state index contributed by atoms with van der Waals surface area (Å²) in [5.41, 5.74) is 1.04. The standard InChI is InChI=1S/C11H21N3O2S/c1-4-5-12-8-11-9-13-10(2)14(11)6-7-17(3,15)16/h9,12H,4-8H2,1-3H3. The third-order valence-electron chi connectivity index (χ3n) is 2.56. The maximum absolute atomic E-state index is 11.2. The molecule has 0 aliphatic rings. The summed E-state index contributed by atoms with van der Waals surface area (Å²) in [7, 11) is -2.93. The first-order valence-corrected chi connectivity index (χ1v) is 7.89. The van der Waals surface area contributed by atoms with Crippen molar-refractivity contribution in [3.63, 3.8) is 0 Å². The third kappa shape index (κ3) is 4.87. The number of aromatic nitrogens is 2. The second-order valence-electron chi connectivity index (χ2n) is 4.26. The Morgan fingerprint density at radius 2 is 2.18 bits per heavy atom. The quantitative estimate of drug-likeness (QED) is 0.733. The van der Waals surface area contributed by atoms with Gasteiger partial charge >= 0.3 is 0 Å². The van der Waals surface area contributed by atoms with Crippen molar-refractivity contribution in [3.05, 3.63) is 17.7 Å². The minimum Gasteiger partial charge on any atom is -0.330 e. The molecular formula is C11H21N3O2S. The lowest BCUT2D eigenvalue weighted by Crippen LogP contribution is -2.19. The van der Waals surface area contributed by atoms with E-state index in [1.807, 2.05) is 11.5 Å². The van der Waals surface area contributed by atoms with Gasteiger partial charge in [0.2, 0.25) is 0 Å². The Morgan fingerprint density at radius 1 is 1.47 bits per heavy atom. The lowest BCUT2D eigenvalue weighted by atomic mass is 10.4. The van der Waals surface area contributed by atoms with E-state index in [4.69, 9.17) is 0 Å². The fourth-order valence-electron chi connectivity index (χ4n) is 1.61. The smallest absolute Gasteiger partial charge is 0.149 e. The number of nitrogens with one attached hydrogen (secondary N) is 1. The summed E-state index contributed by atoms with van der Waals surface area (Å²) in [4.78, 5) is 4.22. The van der Waals surface area contributed by atoms with E-state index in [9.17, 15) is 8.42 Å². The van der Waals surface area contributed by atoms with Crippen molar-refractivity contribution in [3.8, 4) is 0 Å². The molecule has 0 bridgehead atoms. The molecule has 5 nitrogen and oxygen atoms in total. The van der Waals surface area contributed by atoms with Gasteiger partial charge in [0.25, 0.3) is 0 Å². The van der Waals surface area contributed by atoms with Crippen molar-refractivity contribution < 1.29 is 8.42 Å². The molecule has 0 aromatic carbocycles. The fraction of sp³-hybridized carbons (Fsp3) is 0.727. The Kier molecular flexibility index (Phi) is 5.14. The maximum atomic E-state index is 11.2. The van der Waals surface area contributed by atoms with E-state index in [-0.39, 0.29) is 5.75 Å². The molecule has 0 unspecified atom stereocenters. The molecule has 0 radical (unpaired) electrons. The summed E-state index contributed by atoms with van der Waals surface area (Å²) in [6.45, 7) is 6.17. The second-order valence-corrected chi connectivity index (χ2v) is 6.51. The van der Waals surface area contributed by atoms with E-state index in [1.54, 1.807) is 6.20 Å². The number of hydrogen-bond donors (Lipinski definition) is 1. The van der Waals surface area contributed by atoms with Crippen LogP contribution in [0.3, 0.4) is 0 Å². The van der Waals surface area contributed by atoms with E-state index in [0.29, 0.717) is 6.54 Å². The topological polar surface area (TPSA) is 64.0 Å². The lowest BCUT2D eigenvalue weighted by Gasteiger charge is -2.10. The van der Waals surface area contributed by atoms with Gasteiger partial charge in [-0.15, -0.1) is 0 Å². The van der Waals surface area contributed by atoms with Crippen LogP contribution in [0.15, 0.2) is 6.20 Å². The predicted molar refractivity (Wildman–Crippen MR) is 68.7 cm³/mol. The Balaban J connectivity index is 2.66. The van der Waals surface area contributed by atoms with Crippen molar-refractivity contribution in [1.29, 1.82) is 0 Å². The molecule has 98 valence electrons. The molecule has 17 heavy (non-hydrogen) atoms. The molecule has 1 aromatic heterocycles. The van der Waals surface area contributed by atoms with Gasteiger partial charge in [0.15, 0.2) is 0 Å². The Bertz CT molecular complexity index is 451. The molecule has 1 heterocycles. The Morgan fingerprint density at radius 3 is 2.76 bits per heavy atom. The zero-order valence-electron chi connectivity index (χ0n) is 10.7. The highest BCUT2D eigenvalue weighted by molar-refractivity contribution is 7.90. The minimum atomic E-state index is -2.93. The molecule has 1 rings (SSSR count). The van der Waals surface area contributed by atoms with E-state index < -0.39 is 9.84 Å². The van der Waals surface area contributed by atoms with Gasteiger partial charge in [0.05, 0.1) is 11.4 Å². The summed E-state index contributed by atoms with van der Waals surface area (Å²) < 4.78 is 24.3. The zero-order chi connectivity index (χ0) is 12.9. The average Bonchev–Trinajstić information content (AvgIpc) is 2.56. The zero-order valence-corrected chi connectivity index (χ0v) is 11.5. The van der Waals surface area contributed by atoms with E-state index in [0.717, 1.165) is 31.0 Å². The number of sulfone groups is 1. The molecule has 0 aliphatic heterocycles. The van der Waals surface area contributed by atoms with Gasteiger partial charge in [0, 0.05) is 25.5 Å². The normalized spacial score (nSPS) is 11.9. The first-order valence-electron chi connectivity index (χ1n) is 5.83. The molecule has 0 saturated carbocycles. The minimum absolute atomic E-state index is 0.158. The summed E-state index contributed by atoms with van der Waals surface area (Å²) in [6, 6.07) is 0. The highest BCUT2D eigenvalue weighted by Crippen LogP contribution is 2.05. The van der Waals surface area contributed by atoms with Gasteiger partial charge < -0.3 is 9.88 Å². The number of hydrogen-bond acceptors (Lipinski definition) is 4. The summed E-state index contributed by atoms with van der Waals surface area (Å²) in [5, 5.41) is 3.29. The summed E-state index contributed by atoms with van der Waals surface area (Å²) >= 11 is 0. The number of imidazole rings is 1. The summed E-state index contributed by atoms with van der Waals surface area (Å²) in [5.74, 6) is 1.02. The Hall–Kier alpha value is -0.880. The summed E-state index contributed by atoms with van der Waals surface area (Å²) in [6.07, 6.45) is 4.14. The van der Waals surface area contributed by atoms with Crippen molar-refractivity contribution >= 4 is 9.84 Å². The monoisotopic (exact) mass is 259 g/mol. The van der Waals surface area contributed by atoms with E-state index in [1.165, 1.54) is 6.26 Å². The SMILES string of the molecule is CCCNCc1cnc(C)n1CCS(C)(=O)=O. The highest BCUT2D eigenvalue weighted by atomic mass is 32.2. The van der Waals surface area contributed by atoms with Crippen LogP contribution in [-0.2, 0) is 22.9 Å². The molecule has 0 aliphatic carbocycles. The van der Waals surface area contributed by atoms with Crippen molar-refractivity contribution in [2.24, 2.45) is 0 Å². The average molecular weight is 259 g/mol. The largest absolute Gasteiger partial charge is 0.330 e.